The molecule has 4 nitrogen and oxygen atoms in total. The molecule has 0 saturated heterocycles. The lowest BCUT2D eigenvalue weighted by Gasteiger charge is -2.05. The number of H-pyrrole nitrogens is 1. The van der Waals surface area contributed by atoms with Gasteiger partial charge >= 0.3 is 0 Å². The molecule has 1 fully saturated rings. The van der Waals surface area contributed by atoms with Gasteiger partial charge in [-0.3, -0.25) is 5.10 Å². The Morgan fingerprint density at radius 1 is 1.73 bits per heavy atom. The zero-order valence-electron chi connectivity index (χ0n) is 6.33. The fraction of sp³-hybridized carbons (Fsp3) is 0.714. The summed E-state index contributed by atoms with van der Waals surface area (Å²) in [5.74, 6) is 1.66. The van der Waals surface area contributed by atoms with Crippen molar-refractivity contribution in [2.45, 2.75) is 25.3 Å². The van der Waals surface area contributed by atoms with Crippen molar-refractivity contribution in [1.29, 1.82) is 0 Å². The molecule has 0 radical (unpaired) electrons. The number of nitrogens with one attached hydrogen (secondary N) is 1. The van der Waals surface area contributed by atoms with Crippen LogP contribution < -0.4 is 5.73 Å². The van der Waals surface area contributed by atoms with E-state index in [4.69, 9.17) is 5.73 Å². The van der Waals surface area contributed by atoms with Gasteiger partial charge in [-0.2, -0.15) is 5.10 Å². The maximum Gasteiger partial charge on any atom is 0.141 e. The highest BCUT2D eigenvalue weighted by molar-refractivity contribution is 4.92. The first kappa shape index (κ1) is 6.79. The van der Waals surface area contributed by atoms with E-state index in [0.29, 0.717) is 0 Å². The molecule has 1 atom stereocenters. The van der Waals surface area contributed by atoms with Crippen LogP contribution in [0.2, 0.25) is 0 Å². The zero-order chi connectivity index (χ0) is 7.68. The highest BCUT2D eigenvalue weighted by Gasteiger charge is 2.25. The van der Waals surface area contributed by atoms with Gasteiger partial charge in [0.1, 0.15) is 12.2 Å². The minimum absolute atomic E-state index is 0.0602. The van der Waals surface area contributed by atoms with Crippen LogP contribution in [0.3, 0.4) is 0 Å². The van der Waals surface area contributed by atoms with Gasteiger partial charge in [0.25, 0.3) is 0 Å². The Morgan fingerprint density at radius 3 is 3.09 bits per heavy atom. The standard InChI is InChI=1S/C7H12N4/c8-6(3-5-1-2-5)7-9-4-10-11-7/h4-6H,1-3,8H2,(H,9,10,11). The Hall–Kier alpha value is -0.900. The van der Waals surface area contributed by atoms with Crippen LogP contribution in [0.4, 0.5) is 0 Å². The fourth-order valence-electron chi connectivity index (χ4n) is 1.22. The van der Waals surface area contributed by atoms with Crippen LogP contribution in [0.1, 0.15) is 31.1 Å². The molecule has 0 amide bonds. The molecular formula is C7H12N4. The van der Waals surface area contributed by atoms with Gasteiger partial charge in [-0.25, -0.2) is 4.98 Å². The van der Waals surface area contributed by atoms with E-state index in [-0.39, 0.29) is 6.04 Å². The van der Waals surface area contributed by atoms with Crippen molar-refractivity contribution in [1.82, 2.24) is 15.2 Å². The molecule has 1 saturated carbocycles. The van der Waals surface area contributed by atoms with Crippen LogP contribution in [0.25, 0.3) is 0 Å². The summed E-state index contributed by atoms with van der Waals surface area (Å²) in [6.45, 7) is 0. The summed E-state index contributed by atoms with van der Waals surface area (Å²) in [6, 6.07) is 0.0602. The molecular weight excluding hydrogens is 140 g/mol. The molecule has 1 unspecified atom stereocenters. The minimum Gasteiger partial charge on any atom is -0.321 e. The van der Waals surface area contributed by atoms with E-state index < -0.39 is 0 Å². The van der Waals surface area contributed by atoms with Gasteiger partial charge in [0.15, 0.2) is 0 Å². The van der Waals surface area contributed by atoms with E-state index in [1.807, 2.05) is 0 Å². The summed E-state index contributed by atoms with van der Waals surface area (Å²) < 4.78 is 0. The number of aromatic nitrogens is 3. The van der Waals surface area contributed by atoms with Gasteiger partial charge in [0, 0.05) is 0 Å². The molecule has 0 aromatic carbocycles. The summed E-state index contributed by atoms with van der Waals surface area (Å²) in [5.41, 5.74) is 5.85. The van der Waals surface area contributed by atoms with Gasteiger partial charge in [-0.1, -0.05) is 12.8 Å². The van der Waals surface area contributed by atoms with Crippen molar-refractivity contribution < 1.29 is 0 Å². The van der Waals surface area contributed by atoms with Crippen LogP contribution in [0, 0.1) is 5.92 Å². The number of nitrogens with two attached hydrogens (primary N) is 1. The second kappa shape index (κ2) is 2.62. The zero-order valence-corrected chi connectivity index (χ0v) is 6.33. The molecule has 60 valence electrons. The van der Waals surface area contributed by atoms with Gasteiger partial charge in [0.2, 0.25) is 0 Å². The van der Waals surface area contributed by atoms with E-state index in [9.17, 15) is 0 Å². The molecule has 0 spiro atoms. The number of nitrogens with zero attached hydrogens (tertiary/aromatic N) is 2. The molecule has 3 N–H and O–H groups in total. The second-order valence-electron chi connectivity index (χ2n) is 3.16. The predicted octanol–water partition coefficient (Wildman–Crippen LogP) is 0.605. The molecule has 0 aliphatic heterocycles. The topological polar surface area (TPSA) is 67.6 Å². The molecule has 2 rings (SSSR count). The van der Waals surface area contributed by atoms with Crippen LogP contribution in [-0.2, 0) is 0 Å². The Labute approximate surface area is 65.2 Å². The monoisotopic (exact) mass is 152 g/mol. The molecule has 0 bridgehead atoms. The summed E-state index contributed by atoms with van der Waals surface area (Å²) >= 11 is 0. The van der Waals surface area contributed by atoms with Crippen molar-refractivity contribution in [3.8, 4) is 0 Å². The van der Waals surface area contributed by atoms with Crippen molar-refractivity contribution in [2.75, 3.05) is 0 Å². The van der Waals surface area contributed by atoms with Gasteiger partial charge in [0.05, 0.1) is 6.04 Å². The Bertz CT molecular complexity index is 214. The van der Waals surface area contributed by atoms with Crippen molar-refractivity contribution in [3.63, 3.8) is 0 Å². The number of hydrogen-bond acceptors (Lipinski definition) is 3. The predicted molar refractivity (Wildman–Crippen MR) is 40.7 cm³/mol. The lowest BCUT2D eigenvalue weighted by molar-refractivity contribution is 0.569. The first-order valence-corrected chi connectivity index (χ1v) is 3.97. The lowest BCUT2D eigenvalue weighted by atomic mass is 10.1. The highest BCUT2D eigenvalue weighted by atomic mass is 15.2. The Kier molecular flexibility index (Phi) is 1.62. The Morgan fingerprint density at radius 2 is 2.55 bits per heavy atom. The smallest absolute Gasteiger partial charge is 0.141 e. The maximum absolute atomic E-state index is 5.85. The normalized spacial score (nSPS) is 20.1. The summed E-state index contributed by atoms with van der Waals surface area (Å²) in [5, 5.41) is 6.54. The van der Waals surface area contributed by atoms with Crippen LogP contribution in [-0.4, -0.2) is 15.2 Å². The summed E-state index contributed by atoms with van der Waals surface area (Å²) in [7, 11) is 0. The van der Waals surface area contributed by atoms with Crippen molar-refractivity contribution in [2.24, 2.45) is 11.7 Å². The average Bonchev–Trinajstić information content (AvgIpc) is 2.67. The molecule has 1 aliphatic carbocycles. The Balaban J connectivity index is 1.93. The SMILES string of the molecule is NC(CC1CC1)c1ncn[nH]1. The second-order valence-corrected chi connectivity index (χ2v) is 3.16. The van der Waals surface area contributed by atoms with Gasteiger partial charge in [-0.15, -0.1) is 0 Å². The largest absolute Gasteiger partial charge is 0.321 e. The van der Waals surface area contributed by atoms with E-state index in [1.54, 1.807) is 0 Å². The van der Waals surface area contributed by atoms with E-state index >= 15 is 0 Å². The molecule has 1 heterocycles. The molecule has 1 aromatic heterocycles. The fourth-order valence-corrected chi connectivity index (χ4v) is 1.22. The third kappa shape index (κ3) is 1.57. The molecule has 1 aromatic rings. The average molecular weight is 152 g/mol. The van der Waals surface area contributed by atoms with E-state index in [2.05, 4.69) is 15.2 Å². The van der Waals surface area contributed by atoms with Crippen molar-refractivity contribution in [3.05, 3.63) is 12.2 Å². The number of rotatable bonds is 3. The highest BCUT2D eigenvalue weighted by Crippen LogP contribution is 2.35. The van der Waals surface area contributed by atoms with Crippen LogP contribution in [0.5, 0.6) is 0 Å². The lowest BCUT2D eigenvalue weighted by Crippen LogP contribution is -2.12. The number of aromatic amines is 1. The quantitative estimate of drug-likeness (QED) is 0.666. The third-order valence-corrected chi connectivity index (χ3v) is 2.07. The van der Waals surface area contributed by atoms with Gasteiger partial charge < -0.3 is 5.73 Å². The van der Waals surface area contributed by atoms with E-state index in [0.717, 1.165) is 18.2 Å². The third-order valence-electron chi connectivity index (χ3n) is 2.07. The maximum atomic E-state index is 5.85. The molecule has 1 aliphatic rings. The van der Waals surface area contributed by atoms with Crippen LogP contribution in [0.15, 0.2) is 6.33 Å². The number of hydrogen-bond donors (Lipinski definition) is 2. The summed E-state index contributed by atoms with van der Waals surface area (Å²) in [4.78, 5) is 4.01. The first-order chi connectivity index (χ1) is 5.36. The first-order valence-electron chi connectivity index (χ1n) is 3.97. The minimum atomic E-state index is 0.0602. The molecule has 4 heteroatoms. The van der Waals surface area contributed by atoms with Crippen LogP contribution >= 0.6 is 0 Å². The van der Waals surface area contributed by atoms with Crippen molar-refractivity contribution >= 4 is 0 Å². The molecule has 11 heavy (non-hydrogen) atoms. The van der Waals surface area contributed by atoms with Gasteiger partial charge in [-0.05, 0) is 12.3 Å². The van der Waals surface area contributed by atoms with E-state index in [1.165, 1.54) is 19.2 Å². The summed E-state index contributed by atoms with van der Waals surface area (Å²) in [6.07, 6.45) is 5.22.